The molecule has 1 N–H and O–H groups in total. The van der Waals surface area contributed by atoms with Crippen LogP contribution in [0, 0.1) is 17.1 Å². The summed E-state index contributed by atoms with van der Waals surface area (Å²) < 4.78 is 24.8. The van der Waals surface area contributed by atoms with E-state index in [2.05, 4.69) is 11.4 Å². The molecule has 7 heteroatoms. The first-order valence-electron chi connectivity index (χ1n) is 10.1. The zero-order valence-electron chi connectivity index (χ0n) is 18.1. The van der Waals surface area contributed by atoms with E-state index in [-0.39, 0.29) is 42.1 Å². The molecule has 1 fully saturated rings. The highest BCUT2D eigenvalue weighted by Crippen LogP contribution is 2.54. The van der Waals surface area contributed by atoms with Crippen molar-refractivity contribution in [2.45, 2.75) is 50.2 Å². The van der Waals surface area contributed by atoms with E-state index in [0.717, 1.165) is 11.1 Å². The van der Waals surface area contributed by atoms with E-state index in [9.17, 15) is 14.4 Å². The van der Waals surface area contributed by atoms with Gasteiger partial charge >= 0.3 is 5.97 Å². The normalized spacial score (nSPS) is 22.5. The third-order valence-electron chi connectivity index (χ3n) is 5.91. The lowest BCUT2D eigenvalue weighted by Crippen LogP contribution is -2.53. The summed E-state index contributed by atoms with van der Waals surface area (Å²) >= 11 is 0. The second-order valence-electron chi connectivity index (χ2n) is 7.92. The van der Waals surface area contributed by atoms with Crippen LogP contribution in [0.1, 0.15) is 55.2 Å². The number of ether oxygens (including phenoxy) is 2. The van der Waals surface area contributed by atoms with Crippen molar-refractivity contribution in [1.29, 1.82) is 5.26 Å². The second kappa shape index (κ2) is 10.1. The van der Waals surface area contributed by atoms with E-state index < -0.39 is 5.54 Å². The Morgan fingerprint density at radius 1 is 1.26 bits per heavy atom. The summed E-state index contributed by atoms with van der Waals surface area (Å²) in [5.74, 6) is -0.442. The Kier molecular flexibility index (Phi) is 8.05. The SMILES string of the molecule is CN[C@@]1(C(=O)OC)CC[C@H](c2cc(C#N)ccc2OC(C)C)[C@H]1c1ccc(F)cc1.Cl. The first-order valence-corrected chi connectivity index (χ1v) is 10.1. The smallest absolute Gasteiger partial charge is 0.326 e. The maximum Gasteiger partial charge on any atom is 0.326 e. The molecule has 1 aliphatic carbocycles. The molecule has 5 nitrogen and oxygen atoms in total. The van der Waals surface area contributed by atoms with E-state index >= 15 is 0 Å². The van der Waals surface area contributed by atoms with Gasteiger partial charge in [0.05, 0.1) is 24.8 Å². The Hall–Kier alpha value is -2.62. The van der Waals surface area contributed by atoms with Gasteiger partial charge in [-0.25, -0.2) is 4.39 Å². The van der Waals surface area contributed by atoms with Gasteiger partial charge in [-0.3, -0.25) is 4.79 Å². The fourth-order valence-corrected chi connectivity index (χ4v) is 4.63. The van der Waals surface area contributed by atoms with Gasteiger partial charge in [0, 0.05) is 5.92 Å². The van der Waals surface area contributed by atoms with Gasteiger partial charge in [-0.2, -0.15) is 5.26 Å². The highest BCUT2D eigenvalue weighted by molar-refractivity contribution is 5.85. The third kappa shape index (κ3) is 4.68. The highest BCUT2D eigenvalue weighted by Gasteiger charge is 2.55. The molecule has 3 rings (SSSR count). The zero-order chi connectivity index (χ0) is 21.9. The maximum absolute atomic E-state index is 13.6. The lowest BCUT2D eigenvalue weighted by atomic mass is 9.75. The van der Waals surface area contributed by atoms with Crippen LogP contribution in [-0.2, 0) is 9.53 Å². The molecule has 3 atom stereocenters. The third-order valence-corrected chi connectivity index (χ3v) is 5.91. The van der Waals surface area contributed by atoms with E-state index in [0.29, 0.717) is 24.2 Å². The van der Waals surface area contributed by atoms with Crippen molar-refractivity contribution in [3.05, 3.63) is 65.0 Å². The van der Waals surface area contributed by atoms with Gasteiger partial charge in [-0.15, -0.1) is 12.4 Å². The Morgan fingerprint density at radius 2 is 1.94 bits per heavy atom. The lowest BCUT2D eigenvalue weighted by molar-refractivity contribution is -0.149. The Bertz CT molecular complexity index is 958. The lowest BCUT2D eigenvalue weighted by Gasteiger charge is -2.35. The van der Waals surface area contributed by atoms with Crippen molar-refractivity contribution in [2.24, 2.45) is 0 Å². The van der Waals surface area contributed by atoms with Crippen LogP contribution < -0.4 is 10.1 Å². The van der Waals surface area contributed by atoms with E-state index in [1.54, 1.807) is 25.2 Å². The number of nitriles is 1. The second-order valence-corrected chi connectivity index (χ2v) is 7.92. The van der Waals surface area contributed by atoms with Gasteiger partial charge < -0.3 is 14.8 Å². The largest absolute Gasteiger partial charge is 0.491 e. The Balaban J connectivity index is 0.00000341. The number of methoxy groups -OCH3 is 1. The molecule has 0 aromatic heterocycles. The summed E-state index contributed by atoms with van der Waals surface area (Å²) in [5, 5.41) is 12.7. The van der Waals surface area contributed by atoms with Crippen LogP contribution in [0.25, 0.3) is 0 Å². The van der Waals surface area contributed by atoms with Crippen LogP contribution in [0.3, 0.4) is 0 Å². The molecular weight excluding hydrogens is 419 g/mol. The predicted molar refractivity (Wildman–Crippen MR) is 119 cm³/mol. The molecule has 1 aliphatic rings. The van der Waals surface area contributed by atoms with Crippen LogP contribution in [-0.4, -0.2) is 31.8 Å². The monoisotopic (exact) mass is 446 g/mol. The van der Waals surface area contributed by atoms with Gasteiger partial charge in [-0.05, 0) is 81.1 Å². The summed E-state index contributed by atoms with van der Waals surface area (Å²) in [6, 6.07) is 13.8. The van der Waals surface area contributed by atoms with Gasteiger partial charge in [0.1, 0.15) is 17.1 Å². The number of carbonyl (C=O) groups is 1. The van der Waals surface area contributed by atoms with Gasteiger partial charge in [0.2, 0.25) is 0 Å². The van der Waals surface area contributed by atoms with Crippen molar-refractivity contribution in [2.75, 3.05) is 14.2 Å². The standard InChI is InChI=1S/C24H27FN2O3.ClH/c1-15(2)30-21-10-5-16(14-26)13-20(21)19-11-12-24(27-3,23(28)29-4)22(19)17-6-8-18(25)9-7-17;/h5-10,13,15,19,22,27H,11-12H2,1-4H3;1H/t19-,22-,24+;/m1./s1. The molecule has 0 aliphatic heterocycles. The minimum atomic E-state index is -0.963. The molecule has 0 amide bonds. The molecule has 0 heterocycles. The number of hydrogen-bond donors (Lipinski definition) is 1. The summed E-state index contributed by atoms with van der Waals surface area (Å²) in [4.78, 5) is 12.9. The number of nitrogens with zero attached hydrogens (tertiary/aromatic N) is 1. The molecule has 2 aromatic rings. The van der Waals surface area contributed by atoms with Crippen molar-refractivity contribution in [1.82, 2.24) is 5.32 Å². The van der Waals surface area contributed by atoms with Crippen molar-refractivity contribution in [3.63, 3.8) is 0 Å². The number of likely N-dealkylation sites (N-methyl/N-ethyl adjacent to an activating group) is 1. The van der Waals surface area contributed by atoms with Gasteiger partial charge in [-0.1, -0.05) is 12.1 Å². The van der Waals surface area contributed by atoms with Gasteiger partial charge in [0.15, 0.2) is 0 Å². The van der Waals surface area contributed by atoms with Crippen molar-refractivity contribution < 1.29 is 18.7 Å². The van der Waals surface area contributed by atoms with Crippen LogP contribution in [0.5, 0.6) is 5.75 Å². The summed E-state index contributed by atoms with van der Waals surface area (Å²) in [6.45, 7) is 3.89. The number of nitrogens with one attached hydrogen (secondary N) is 1. The molecule has 0 spiro atoms. The topological polar surface area (TPSA) is 71.3 Å². The molecule has 0 radical (unpaired) electrons. The first-order chi connectivity index (χ1) is 14.4. The molecule has 1 saturated carbocycles. The van der Waals surface area contributed by atoms with Crippen LogP contribution >= 0.6 is 12.4 Å². The quantitative estimate of drug-likeness (QED) is 0.651. The van der Waals surface area contributed by atoms with Gasteiger partial charge in [0.25, 0.3) is 0 Å². The fourth-order valence-electron chi connectivity index (χ4n) is 4.63. The number of esters is 1. The molecule has 166 valence electrons. The number of rotatable bonds is 6. The Labute approximate surface area is 189 Å². The van der Waals surface area contributed by atoms with Crippen LogP contribution in [0.2, 0.25) is 0 Å². The molecule has 0 bridgehead atoms. The van der Waals surface area contributed by atoms with Crippen molar-refractivity contribution in [3.8, 4) is 11.8 Å². The number of benzene rings is 2. The molecule has 0 saturated heterocycles. The fraction of sp³-hybridized carbons (Fsp3) is 0.417. The average molecular weight is 447 g/mol. The maximum atomic E-state index is 13.6. The molecule has 0 unspecified atom stereocenters. The van der Waals surface area contributed by atoms with Crippen LogP contribution in [0.15, 0.2) is 42.5 Å². The van der Waals surface area contributed by atoms with E-state index in [1.807, 2.05) is 26.0 Å². The summed E-state index contributed by atoms with van der Waals surface area (Å²) in [5.41, 5.74) is 1.27. The first kappa shape index (κ1) is 24.6. The minimum absolute atomic E-state index is 0. The van der Waals surface area contributed by atoms with E-state index in [1.165, 1.54) is 19.2 Å². The van der Waals surface area contributed by atoms with E-state index in [4.69, 9.17) is 9.47 Å². The summed E-state index contributed by atoms with van der Waals surface area (Å²) in [6.07, 6.45) is 1.18. The number of hydrogen-bond acceptors (Lipinski definition) is 5. The highest BCUT2D eigenvalue weighted by atomic mass is 35.5. The minimum Gasteiger partial charge on any atom is -0.491 e. The zero-order valence-corrected chi connectivity index (χ0v) is 19.0. The summed E-state index contributed by atoms with van der Waals surface area (Å²) in [7, 11) is 3.12. The number of halogens is 2. The Morgan fingerprint density at radius 3 is 2.48 bits per heavy atom. The molecular formula is C24H28ClFN2O3. The average Bonchev–Trinajstić information content (AvgIpc) is 3.14. The van der Waals surface area contributed by atoms with Crippen molar-refractivity contribution >= 4 is 18.4 Å². The predicted octanol–water partition coefficient (Wildman–Crippen LogP) is 4.70. The number of carbonyl (C=O) groups excluding carboxylic acids is 1. The molecule has 2 aromatic carbocycles. The molecule has 31 heavy (non-hydrogen) atoms. The van der Waals surface area contributed by atoms with Crippen LogP contribution in [0.4, 0.5) is 4.39 Å².